The van der Waals surface area contributed by atoms with Gasteiger partial charge in [0.1, 0.15) is 5.51 Å². The Kier molecular flexibility index (Phi) is 3.98. The molecule has 0 bridgehead atoms. The molecule has 0 atom stereocenters. The highest BCUT2D eigenvalue weighted by Gasteiger charge is 2.25. The van der Waals surface area contributed by atoms with Gasteiger partial charge < -0.3 is 4.74 Å². The van der Waals surface area contributed by atoms with Gasteiger partial charge in [0.25, 0.3) is 5.56 Å². The number of piperidine rings is 1. The average Bonchev–Trinajstić information content (AvgIpc) is 2.96. The number of hydrogen-bond acceptors (Lipinski definition) is 7. The smallest absolute Gasteiger partial charge is 0.308 e. The molecular formula is C13H16N4O3S. The van der Waals surface area contributed by atoms with Crippen LogP contribution in [0.15, 0.2) is 16.4 Å². The molecule has 0 unspecified atom stereocenters. The number of hydrogen-bond donors (Lipinski definition) is 0. The number of carbonyl (C=O) groups is 1. The van der Waals surface area contributed by atoms with Crippen molar-refractivity contribution in [3.8, 4) is 0 Å². The maximum atomic E-state index is 11.9. The van der Waals surface area contributed by atoms with E-state index in [9.17, 15) is 9.59 Å². The second-order valence-corrected chi connectivity index (χ2v) is 5.90. The first-order valence-electron chi connectivity index (χ1n) is 6.80. The summed E-state index contributed by atoms with van der Waals surface area (Å²) in [5.74, 6) is -0.133. The largest absolute Gasteiger partial charge is 0.469 e. The first kappa shape index (κ1) is 14.2. The van der Waals surface area contributed by atoms with Crippen molar-refractivity contribution in [3.63, 3.8) is 0 Å². The molecule has 21 heavy (non-hydrogen) atoms. The van der Waals surface area contributed by atoms with Gasteiger partial charge in [-0.3, -0.25) is 14.5 Å². The lowest BCUT2D eigenvalue weighted by molar-refractivity contribution is -0.147. The SMILES string of the molecule is COC(=O)C1CCN(Cc2cc(=O)n3ncsc3n2)CC1. The average molecular weight is 308 g/mol. The third kappa shape index (κ3) is 2.96. The normalized spacial score (nSPS) is 17.2. The van der Waals surface area contributed by atoms with Gasteiger partial charge >= 0.3 is 5.97 Å². The van der Waals surface area contributed by atoms with Crippen LogP contribution in [0.25, 0.3) is 4.96 Å². The summed E-state index contributed by atoms with van der Waals surface area (Å²) in [7, 11) is 1.43. The molecule has 0 N–H and O–H groups in total. The van der Waals surface area contributed by atoms with Gasteiger partial charge in [-0.05, 0) is 25.9 Å². The van der Waals surface area contributed by atoms with Gasteiger partial charge in [0, 0.05) is 12.6 Å². The summed E-state index contributed by atoms with van der Waals surface area (Å²) in [5, 5.41) is 3.94. The van der Waals surface area contributed by atoms with E-state index in [2.05, 4.69) is 15.0 Å². The second kappa shape index (κ2) is 5.90. The second-order valence-electron chi connectivity index (χ2n) is 5.09. The zero-order valence-corrected chi connectivity index (χ0v) is 12.5. The first-order chi connectivity index (χ1) is 10.2. The highest BCUT2D eigenvalue weighted by molar-refractivity contribution is 7.14. The third-order valence-electron chi connectivity index (χ3n) is 3.75. The molecule has 112 valence electrons. The molecule has 7 nitrogen and oxygen atoms in total. The molecule has 0 aliphatic carbocycles. The molecular weight excluding hydrogens is 292 g/mol. The van der Waals surface area contributed by atoms with E-state index >= 15 is 0 Å². The quantitative estimate of drug-likeness (QED) is 0.770. The summed E-state index contributed by atoms with van der Waals surface area (Å²) in [6.07, 6.45) is 1.57. The molecule has 2 aromatic rings. The minimum atomic E-state index is -0.152. The molecule has 1 aliphatic rings. The van der Waals surface area contributed by atoms with Crippen LogP contribution in [-0.2, 0) is 16.1 Å². The number of nitrogens with zero attached hydrogens (tertiary/aromatic N) is 4. The van der Waals surface area contributed by atoms with Crippen molar-refractivity contribution in [1.29, 1.82) is 0 Å². The van der Waals surface area contributed by atoms with Gasteiger partial charge in [-0.25, -0.2) is 4.98 Å². The van der Waals surface area contributed by atoms with E-state index in [0.717, 1.165) is 31.6 Å². The van der Waals surface area contributed by atoms with Crippen molar-refractivity contribution < 1.29 is 9.53 Å². The van der Waals surface area contributed by atoms with E-state index in [-0.39, 0.29) is 17.4 Å². The van der Waals surface area contributed by atoms with Crippen molar-refractivity contribution in [3.05, 3.63) is 27.6 Å². The predicted octanol–water partition coefficient (Wildman–Crippen LogP) is 0.536. The minimum absolute atomic E-state index is 0.00573. The molecule has 2 aromatic heterocycles. The fraction of sp³-hybridized carbons (Fsp3) is 0.538. The molecule has 1 fully saturated rings. The van der Waals surface area contributed by atoms with Crippen LogP contribution in [0.2, 0.25) is 0 Å². The standard InChI is InChI=1S/C13H16N4O3S/c1-20-12(19)9-2-4-16(5-3-9)7-10-6-11(18)17-13(15-10)21-8-14-17/h6,8-9H,2-5,7H2,1H3. The molecule has 3 heterocycles. The summed E-state index contributed by atoms with van der Waals surface area (Å²) < 4.78 is 6.08. The summed E-state index contributed by atoms with van der Waals surface area (Å²) in [6.45, 7) is 2.24. The maximum absolute atomic E-state index is 11.9. The van der Waals surface area contributed by atoms with Crippen LogP contribution in [0.4, 0.5) is 0 Å². The zero-order chi connectivity index (χ0) is 14.8. The van der Waals surface area contributed by atoms with Crippen molar-refractivity contribution in [1.82, 2.24) is 19.5 Å². The van der Waals surface area contributed by atoms with Gasteiger partial charge in [0.05, 0.1) is 18.7 Å². The molecule has 0 saturated carbocycles. The number of methoxy groups -OCH3 is 1. The topological polar surface area (TPSA) is 76.8 Å². The van der Waals surface area contributed by atoms with Crippen LogP contribution in [0, 0.1) is 5.92 Å². The van der Waals surface area contributed by atoms with E-state index < -0.39 is 0 Å². The lowest BCUT2D eigenvalue weighted by atomic mass is 9.97. The number of rotatable bonds is 3. The van der Waals surface area contributed by atoms with Crippen molar-refractivity contribution in [2.24, 2.45) is 5.92 Å². The van der Waals surface area contributed by atoms with E-state index in [1.54, 1.807) is 5.51 Å². The summed E-state index contributed by atoms with van der Waals surface area (Å²) in [6, 6.07) is 1.53. The van der Waals surface area contributed by atoms with Crippen LogP contribution in [0.1, 0.15) is 18.5 Å². The Bertz CT molecular complexity index is 703. The molecule has 3 rings (SSSR count). The van der Waals surface area contributed by atoms with Gasteiger partial charge in [0.2, 0.25) is 4.96 Å². The minimum Gasteiger partial charge on any atom is -0.469 e. The van der Waals surface area contributed by atoms with E-state index in [4.69, 9.17) is 4.74 Å². The number of fused-ring (bicyclic) bond motifs is 1. The Morgan fingerprint density at radius 3 is 2.95 bits per heavy atom. The molecule has 0 spiro atoms. The molecule has 0 radical (unpaired) electrons. The maximum Gasteiger partial charge on any atom is 0.308 e. The third-order valence-corrected chi connectivity index (χ3v) is 4.42. The van der Waals surface area contributed by atoms with Crippen LogP contribution >= 0.6 is 11.3 Å². The van der Waals surface area contributed by atoms with Crippen molar-refractivity contribution >= 4 is 22.3 Å². The lowest BCUT2D eigenvalue weighted by Gasteiger charge is -2.30. The highest BCUT2D eigenvalue weighted by atomic mass is 32.1. The summed E-state index contributed by atoms with van der Waals surface area (Å²) >= 11 is 1.35. The predicted molar refractivity (Wildman–Crippen MR) is 77.2 cm³/mol. The Hall–Kier alpha value is -1.80. The number of carbonyl (C=O) groups excluding carboxylic acids is 1. The Morgan fingerprint density at radius 1 is 1.48 bits per heavy atom. The van der Waals surface area contributed by atoms with E-state index in [1.807, 2.05) is 0 Å². The van der Waals surface area contributed by atoms with Crippen LogP contribution in [-0.4, -0.2) is 45.7 Å². The van der Waals surface area contributed by atoms with Crippen LogP contribution < -0.4 is 5.56 Å². The van der Waals surface area contributed by atoms with Gasteiger partial charge in [-0.2, -0.15) is 9.61 Å². The molecule has 0 amide bonds. The number of aromatic nitrogens is 3. The fourth-order valence-corrected chi connectivity index (χ4v) is 3.25. The summed E-state index contributed by atoms with van der Waals surface area (Å²) in [5.41, 5.74) is 2.21. The molecule has 1 aliphatic heterocycles. The zero-order valence-electron chi connectivity index (χ0n) is 11.7. The number of ether oxygens (including phenoxy) is 1. The van der Waals surface area contributed by atoms with Gasteiger partial charge in [-0.15, -0.1) is 0 Å². The van der Waals surface area contributed by atoms with Crippen LogP contribution in [0.3, 0.4) is 0 Å². The van der Waals surface area contributed by atoms with Crippen molar-refractivity contribution in [2.45, 2.75) is 19.4 Å². The Balaban J connectivity index is 1.67. The molecule has 0 aromatic carbocycles. The fourth-order valence-electron chi connectivity index (χ4n) is 2.60. The first-order valence-corrected chi connectivity index (χ1v) is 7.68. The molecule has 8 heteroatoms. The number of esters is 1. The van der Waals surface area contributed by atoms with Gasteiger partial charge in [0.15, 0.2) is 0 Å². The summed E-state index contributed by atoms with van der Waals surface area (Å²) in [4.78, 5) is 30.6. The lowest BCUT2D eigenvalue weighted by Crippen LogP contribution is -2.36. The van der Waals surface area contributed by atoms with Crippen LogP contribution in [0.5, 0.6) is 0 Å². The Morgan fingerprint density at radius 2 is 2.24 bits per heavy atom. The van der Waals surface area contributed by atoms with E-state index in [1.165, 1.54) is 29.0 Å². The number of likely N-dealkylation sites (tertiary alicyclic amines) is 1. The van der Waals surface area contributed by atoms with Gasteiger partial charge in [-0.1, -0.05) is 11.3 Å². The highest BCUT2D eigenvalue weighted by Crippen LogP contribution is 2.19. The van der Waals surface area contributed by atoms with E-state index in [0.29, 0.717) is 11.5 Å². The van der Waals surface area contributed by atoms with Crippen molar-refractivity contribution in [2.75, 3.05) is 20.2 Å². The monoisotopic (exact) mass is 308 g/mol. The molecule has 1 saturated heterocycles. The Labute approximate surface area is 125 Å².